The molecule has 0 unspecified atom stereocenters. The van der Waals surface area contributed by atoms with Crippen LogP contribution in [0.4, 0.5) is 11.4 Å². The summed E-state index contributed by atoms with van der Waals surface area (Å²) in [6, 6.07) is 7.40. The molecular weight excluding hydrogens is 318 g/mol. The average molecular weight is 333 g/mol. The van der Waals surface area contributed by atoms with E-state index in [4.69, 9.17) is 0 Å². The van der Waals surface area contributed by atoms with Gasteiger partial charge in [0.15, 0.2) is 0 Å². The number of rotatable bonds is 3. The van der Waals surface area contributed by atoms with Crippen molar-refractivity contribution < 1.29 is 13.3 Å². The summed E-state index contributed by atoms with van der Waals surface area (Å²) in [4.78, 5) is 14.5. The molecule has 0 N–H and O–H groups in total. The average Bonchev–Trinajstić information content (AvgIpc) is 2.77. The number of anilines is 1. The molecule has 2 aromatic rings. The van der Waals surface area contributed by atoms with Crippen molar-refractivity contribution in [3.63, 3.8) is 0 Å². The molecule has 120 valence electrons. The molecule has 0 amide bonds. The number of aromatic nitrogens is 1. The third-order valence-corrected chi connectivity index (χ3v) is 5.62. The van der Waals surface area contributed by atoms with Gasteiger partial charge in [-0.15, -0.1) is 0 Å². The zero-order chi connectivity index (χ0) is 16.4. The first-order valence-corrected chi connectivity index (χ1v) is 8.64. The van der Waals surface area contributed by atoms with Gasteiger partial charge in [0, 0.05) is 31.1 Å². The standard InChI is InChI=1S/C15H15N3O4S/c19-18(20)13-6-7-15-12(10-13)4-1-2-9-17(15)23(21,22)14-5-3-8-16-11-14/h3,5-8,10-11H,1-2,4,9H2. The number of nitrogens with zero attached hydrogens (tertiary/aromatic N) is 3. The van der Waals surface area contributed by atoms with Crippen molar-refractivity contribution in [2.45, 2.75) is 24.2 Å². The second-order valence-corrected chi connectivity index (χ2v) is 7.16. The summed E-state index contributed by atoms with van der Waals surface area (Å²) < 4.78 is 27.1. The molecule has 1 aliphatic rings. The maximum atomic E-state index is 12.9. The second-order valence-electron chi connectivity index (χ2n) is 5.29. The minimum Gasteiger partial charge on any atom is -0.266 e. The van der Waals surface area contributed by atoms with Gasteiger partial charge < -0.3 is 0 Å². The van der Waals surface area contributed by atoms with Crippen LogP contribution in [0.3, 0.4) is 0 Å². The van der Waals surface area contributed by atoms with Crippen LogP contribution >= 0.6 is 0 Å². The van der Waals surface area contributed by atoms with Crippen LogP contribution in [0, 0.1) is 10.1 Å². The van der Waals surface area contributed by atoms with Crippen LogP contribution in [-0.2, 0) is 16.4 Å². The fourth-order valence-corrected chi connectivity index (χ4v) is 4.20. The lowest BCUT2D eigenvalue weighted by Crippen LogP contribution is -2.32. The quantitative estimate of drug-likeness (QED) is 0.635. The van der Waals surface area contributed by atoms with E-state index in [1.165, 1.54) is 41.0 Å². The summed E-state index contributed by atoms with van der Waals surface area (Å²) in [5.74, 6) is 0. The topological polar surface area (TPSA) is 93.4 Å². The lowest BCUT2D eigenvalue weighted by Gasteiger charge is -2.24. The van der Waals surface area contributed by atoms with Crippen molar-refractivity contribution >= 4 is 21.4 Å². The predicted octanol–water partition coefficient (Wildman–Crippen LogP) is 2.52. The Morgan fingerprint density at radius 2 is 2.04 bits per heavy atom. The summed E-state index contributed by atoms with van der Waals surface area (Å²) in [5.41, 5.74) is 1.17. The number of hydrogen-bond acceptors (Lipinski definition) is 5. The Morgan fingerprint density at radius 3 is 2.74 bits per heavy atom. The predicted molar refractivity (Wildman–Crippen MR) is 84.8 cm³/mol. The van der Waals surface area contributed by atoms with Crippen LogP contribution in [0.2, 0.25) is 0 Å². The van der Waals surface area contributed by atoms with Crippen LogP contribution in [-0.4, -0.2) is 24.9 Å². The normalized spacial score (nSPS) is 14.9. The largest absolute Gasteiger partial charge is 0.269 e. The fraction of sp³-hybridized carbons (Fsp3) is 0.267. The Hall–Kier alpha value is -2.48. The lowest BCUT2D eigenvalue weighted by molar-refractivity contribution is -0.384. The Kier molecular flexibility index (Phi) is 3.99. The van der Waals surface area contributed by atoms with Gasteiger partial charge in [-0.2, -0.15) is 0 Å². The first kappa shape index (κ1) is 15.4. The number of nitro benzene ring substituents is 1. The number of hydrogen-bond donors (Lipinski definition) is 0. The molecule has 0 aliphatic carbocycles. The number of benzene rings is 1. The van der Waals surface area contributed by atoms with E-state index in [0.29, 0.717) is 30.6 Å². The molecule has 1 aliphatic heterocycles. The highest BCUT2D eigenvalue weighted by Crippen LogP contribution is 2.33. The van der Waals surface area contributed by atoms with Gasteiger partial charge in [-0.05, 0) is 43.0 Å². The maximum Gasteiger partial charge on any atom is 0.269 e. The minimum atomic E-state index is -3.73. The molecule has 0 radical (unpaired) electrons. The van der Waals surface area contributed by atoms with Gasteiger partial charge in [0.25, 0.3) is 15.7 Å². The summed E-state index contributed by atoms with van der Waals surface area (Å²) in [5, 5.41) is 10.9. The Labute approximate surface area is 133 Å². The first-order valence-electron chi connectivity index (χ1n) is 7.20. The molecular formula is C15H15N3O4S. The molecule has 1 aromatic heterocycles. The van der Waals surface area contributed by atoms with Gasteiger partial charge in [-0.3, -0.25) is 19.4 Å². The van der Waals surface area contributed by atoms with Crippen LogP contribution in [0.15, 0.2) is 47.6 Å². The van der Waals surface area contributed by atoms with E-state index in [2.05, 4.69) is 4.98 Å². The van der Waals surface area contributed by atoms with E-state index in [9.17, 15) is 18.5 Å². The SMILES string of the molecule is O=[N+]([O-])c1ccc2c(c1)CCCCN2S(=O)(=O)c1cccnc1. The highest BCUT2D eigenvalue weighted by atomic mass is 32.2. The molecule has 23 heavy (non-hydrogen) atoms. The van der Waals surface area contributed by atoms with E-state index < -0.39 is 14.9 Å². The Bertz CT molecular complexity index is 837. The van der Waals surface area contributed by atoms with Crippen molar-refractivity contribution in [1.29, 1.82) is 0 Å². The van der Waals surface area contributed by atoms with Crippen molar-refractivity contribution in [2.75, 3.05) is 10.8 Å². The third kappa shape index (κ3) is 2.89. The van der Waals surface area contributed by atoms with Crippen molar-refractivity contribution in [1.82, 2.24) is 4.98 Å². The summed E-state index contributed by atoms with van der Waals surface area (Å²) >= 11 is 0. The lowest BCUT2D eigenvalue weighted by atomic mass is 10.1. The van der Waals surface area contributed by atoms with Crippen LogP contribution in [0.5, 0.6) is 0 Å². The monoisotopic (exact) mass is 333 g/mol. The first-order chi connectivity index (χ1) is 11.0. The van der Waals surface area contributed by atoms with Crippen LogP contribution in [0.25, 0.3) is 0 Å². The molecule has 0 atom stereocenters. The second kappa shape index (κ2) is 5.96. The highest BCUT2D eigenvalue weighted by molar-refractivity contribution is 7.92. The van der Waals surface area contributed by atoms with Crippen LogP contribution < -0.4 is 4.31 Å². The fourth-order valence-electron chi connectivity index (χ4n) is 2.70. The maximum absolute atomic E-state index is 12.9. The molecule has 8 heteroatoms. The van der Waals surface area contributed by atoms with E-state index in [-0.39, 0.29) is 10.6 Å². The number of aryl methyl sites for hydroxylation is 1. The Morgan fingerprint density at radius 1 is 1.22 bits per heavy atom. The van der Waals surface area contributed by atoms with Gasteiger partial charge in [-0.25, -0.2) is 8.42 Å². The van der Waals surface area contributed by atoms with Gasteiger partial charge in [0.1, 0.15) is 4.90 Å². The molecule has 0 spiro atoms. The summed E-state index contributed by atoms with van der Waals surface area (Å²) in [6.45, 7) is 0.349. The van der Waals surface area contributed by atoms with E-state index >= 15 is 0 Å². The third-order valence-electron chi connectivity index (χ3n) is 3.82. The molecule has 0 fully saturated rings. The number of non-ortho nitro benzene ring substituents is 1. The summed E-state index contributed by atoms with van der Waals surface area (Å²) in [7, 11) is -3.73. The number of fused-ring (bicyclic) bond motifs is 1. The van der Waals surface area contributed by atoms with E-state index in [1.54, 1.807) is 6.07 Å². The van der Waals surface area contributed by atoms with Crippen molar-refractivity contribution in [2.24, 2.45) is 0 Å². The van der Waals surface area contributed by atoms with Gasteiger partial charge >= 0.3 is 0 Å². The summed E-state index contributed by atoms with van der Waals surface area (Å²) in [6.07, 6.45) is 4.93. The van der Waals surface area contributed by atoms with Crippen molar-refractivity contribution in [3.8, 4) is 0 Å². The molecule has 7 nitrogen and oxygen atoms in total. The highest BCUT2D eigenvalue weighted by Gasteiger charge is 2.29. The minimum absolute atomic E-state index is 0.0237. The number of nitro groups is 1. The molecule has 1 aromatic carbocycles. The van der Waals surface area contributed by atoms with E-state index in [0.717, 1.165) is 6.42 Å². The zero-order valence-corrected chi connectivity index (χ0v) is 13.1. The molecule has 2 heterocycles. The van der Waals surface area contributed by atoms with E-state index in [1.807, 2.05) is 0 Å². The molecule has 0 saturated heterocycles. The zero-order valence-electron chi connectivity index (χ0n) is 12.3. The van der Waals surface area contributed by atoms with Crippen molar-refractivity contribution in [3.05, 3.63) is 58.4 Å². The number of sulfonamides is 1. The van der Waals surface area contributed by atoms with Gasteiger partial charge in [0.2, 0.25) is 0 Å². The van der Waals surface area contributed by atoms with Gasteiger partial charge in [-0.1, -0.05) is 0 Å². The smallest absolute Gasteiger partial charge is 0.266 e. The molecule has 0 bridgehead atoms. The molecule has 0 saturated carbocycles. The Balaban J connectivity index is 2.10. The van der Waals surface area contributed by atoms with Gasteiger partial charge in [0.05, 0.1) is 10.6 Å². The van der Waals surface area contributed by atoms with Crippen LogP contribution in [0.1, 0.15) is 18.4 Å². The number of pyridine rings is 1. The molecule has 3 rings (SSSR count).